The zero-order valence-electron chi connectivity index (χ0n) is 9.61. The van der Waals surface area contributed by atoms with E-state index in [0.717, 1.165) is 6.42 Å². The van der Waals surface area contributed by atoms with Gasteiger partial charge in [-0.25, -0.2) is 0 Å². The molecule has 0 saturated heterocycles. The summed E-state index contributed by atoms with van der Waals surface area (Å²) in [5, 5.41) is 5.50. The number of carbonyl (C=O) groups is 1. The van der Waals surface area contributed by atoms with Gasteiger partial charge in [0.25, 0.3) is 0 Å². The number of halogens is 1. The summed E-state index contributed by atoms with van der Waals surface area (Å²) in [4.78, 5) is 11.4. The lowest BCUT2D eigenvalue weighted by Gasteiger charge is -2.12. The van der Waals surface area contributed by atoms with Crippen LogP contribution >= 0.6 is 22.6 Å². The van der Waals surface area contributed by atoms with E-state index < -0.39 is 0 Å². The summed E-state index contributed by atoms with van der Waals surface area (Å²) in [7, 11) is 1.82. The van der Waals surface area contributed by atoms with E-state index in [1.54, 1.807) is 0 Å². The SMILES string of the molecule is CNC(Cc1ccc2ccccc2c1)C(=O)I. The second-order valence-electron chi connectivity index (χ2n) is 4.03. The largest absolute Gasteiger partial charge is 0.310 e. The van der Waals surface area contributed by atoms with Gasteiger partial charge >= 0.3 is 0 Å². The Kier molecular flexibility index (Phi) is 4.12. The van der Waals surface area contributed by atoms with E-state index in [0.29, 0.717) is 0 Å². The Hall–Kier alpha value is -0.940. The van der Waals surface area contributed by atoms with Crippen molar-refractivity contribution < 1.29 is 4.79 Å². The van der Waals surface area contributed by atoms with Gasteiger partial charge in [0.05, 0.1) is 6.04 Å². The first-order chi connectivity index (χ1) is 8.20. The van der Waals surface area contributed by atoms with Gasteiger partial charge in [-0.1, -0.05) is 42.5 Å². The first kappa shape index (κ1) is 12.5. The van der Waals surface area contributed by atoms with Crippen LogP contribution in [0, 0.1) is 0 Å². The van der Waals surface area contributed by atoms with E-state index >= 15 is 0 Å². The molecule has 0 heterocycles. The van der Waals surface area contributed by atoms with Crippen molar-refractivity contribution >= 4 is 37.2 Å². The molecule has 1 atom stereocenters. The minimum absolute atomic E-state index is 0.100. The van der Waals surface area contributed by atoms with E-state index in [1.165, 1.54) is 16.3 Å². The Bertz CT molecular complexity index is 538. The summed E-state index contributed by atoms with van der Waals surface area (Å²) >= 11 is 1.85. The number of fused-ring (bicyclic) bond motifs is 1. The fourth-order valence-corrected chi connectivity index (χ4v) is 2.43. The summed E-state index contributed by atoms with van der Waals surface area (Å²) in [6, 6.07) is 14.5. The summed E-state index contributed by atoms with van der Waals surface area (Å²) in [6.45, 7) is 0. The number of rotatable bonds is 4. The monoisotopic (exact) mass is 339 g/mol. The van der Waals surface area contributed by atoms with Crippen molar-refractivity contribution in [1.82, 2.24) is 5.32 Å². The highest BCUT2D eigenvalue weighted by Crippen LogP contribution is 2.17. The second kappa shape index (κ2) is 5.60. The van der Waals surface area contributed by atoms with E-state index in [1.807, 2.05) is 41.8 Å². The highest BCUT2D eigenvalue weighted by molar-refractivity contribution is 14.1. The Balaban J connectivity index is 2.27. The zero-order chi connectivity index (χ0) is 12.3. The quantitative estimate of drug-likeness (QED) is 0.686. The Labute approximate surface area is 115 Å². The molecule has 2 nitrogen and oxygen atoms in total. The van der Waals surface area contributed by atoms with Crippen molar-refractivity contribution in [2.75, 3.05) is 7.05 Å². The molecule has 1 N–H and O–H groups in total. The molecule has 0 amide bonds. The molecule has 0 fully saturated rings. The van der Waals surface area contributed by atoms with Crippen LogP contribution in [0.1, 0.15) is 5.56 Å². The zero-order valence-corrected chi connectivity index (χ0v) is 11.8. The van der Waals surface area contributed by atoms with Crippen LogP contribution < -0.4 is 5.32 Å². The molecule has 3 heteroatoms. The molecule has 2 rings (SSSR count). The van der Waals surface area contributed by atoms with Crippen LogP contribution in [0.25, 0.3) is 10.8 Å². The molecular formula is C14H14INO. The average Bonchev–Trinajstić information content (AvgIpc) is 2.35. The first-order valence-corrected chi connectivity index (χ1v) is 6.63. The van der Waals surface area contributed by atoms with E-state index in [-0.39, 0.29) is 9.83 Å². The molecule has 0 aromatic heterocycles. The molecule has 2 aromatic carbocycles. The van der Waals surface area contributed by atoms with Gasteiger partial charge in [0.15, 0.2) is 0 Å². The van der Waals surface area contributed by atoms with E-state index in [9.17, 15) is 4.79 Å². The lowest BCUT2D eigenvalue weighted by Crippen LogP contribution is -2.32. The fraction of sp³-hybridized carbons (Fsp3) is 0.214. The highest BCUT2D eigenvalue weighted by atomic mass is 127. The Morgan fingerprint density at radius 1 is 1.24 bits per heavy atom. The summed E-state index contributed by atoms with van der Waals surface area (Å²) in [5.41, 5.74) is 1.19. The molecule has 0 saturated carbocycles. The third-order valence-corrected chi connectivity index (χ3v) is 3.63. The molecule has 0 bridgehead atoms. The van der Waals surface area contributed by atoms with Crippen LogP contribution in [0.3, 0.4) is 0 Å². The van der Waals surface area contributed by atoms with Gasteiger partial charge in [-0.05, 0) is 29.8 Å². The van der Waals surface area contributed by atoms with Crippen LogP contribution in [-0.4, -0.2) is 16.9 Å². The average molecular weight is 339 g/mol. The summed E-state index contributed by atoms with van der Waals surface area (Å²) in [6.07, 6.45) is 0.739. The van der Waals surface area contributed by atoms with Crippen LogP contribution in [-0.2, 0) is 11.2 Å². The van der Waals surface area contributed by atoms with Gasteiger partial charge in [0.1, 0.15) is 0 Å². The maximum atomic E-state index is 11.4. The first-order valence-electron chi connectivity index (χ1n) is 5.55. The molecule has 17 heavy (non-hydrogen) atoms. The third-order valence-electron chi connectivity index (χ3n) is 2.88. The predicted molar refractivity (Wildman–Crippen MR) is 79.5 cm³/mol. The van der Waals surface area contributed by atoms with Gasteiger partial charge in [-0.3, -0.25) is 4.79 Å². The van der Waals surface area contributed by atoms with Gasteiger partial charge in [-0.15, -0.1) is 0 Å². The molecule has 88 valence electrons. The maximum absolute atomic E-state index is 11.4. The third kappa shape index (κ3) is 3.04. The number of likely N-dealkylation sites (N-methyl/N-ethyl adjacent to an activating group) is 1. The van der Waals surface area contributed by atoms with Crippen molar-refractivity contribution in [3.05, 3.63) is 48.0 Å². The number of hydrogen-bond donors (Lipinski definition) is 1. The van der Waals surface area contributed by atoms with Gasteiger partial charge in [0, 0.05) is 22.6 Å². The number of benzene rings is 2. The molecule has 1 unspecified atom stereocenters. The maximum Gasteiger partial charge on any atom is 0.209 e. The van der Waals surface area contributed by atoms with E-state index in [2.05, 4.69) is 35.6 Å². The van der Waals surface area contributed by atoms with Crippen LogP contribution in [0.15, 0.2) is 42.5 Å². The van der Waals surface area contributed by atoms with Crippen molar-refractivity contribution in [3.63, 3.8) is 0 Å². The topological polar surface area (TPSA) is 29.1 Å². The van der Waals surface area contributed by atoms with Gasteiger partial charge in [-0.2, -0.15) is 0 Å². The minimum atomic E-state index is -0.100. The molecule has 0 aliphatic heterocycles. The van der Waals surface area contributed by atoms with Crippen molar-refractivity contribution in [3.8, 4) is 0 Å². The highest BCUT2D eigenvalue weighted by Gasteiger charge is 2.13. The van der Waals surface area contributed by atoms with Gasteiger partial charge in [0.2, 0.25) is 3.79 Å². The number of carbonyl (C=O) groups excluding carboxylic acids is 1. The number of nitrogens with one attached hydrogen (secondary N) is 1. The smallest absolute Gasteiger partial charge is 0.209 e. The second-order valence-corrected chi connectivity index (χ2v) is 5.09. The number of hydrogen-bond acceptors (Lipinski definition) is 2. The Morgan fingerprint density at radius 2 is 1.94 bits per heavy atom. The molecule has 0 aliphatic rings. The Morgan fingerprint density at radius 3 is 2.59 bits per heavy atom. The summed E-state index contributed by atoms with van der Waals surface area (Å²) in [5.74, 6) is 0. The lowest BCUT2D eigenvalue weighted by molar-refractivity contribution is -0.111. The molecule has 0 spiro atoms. The standard InChI is InChI=1S/C14H14INO/c1-16-13(14(15)17)9-10-6-7-11-4-2-3-5-12(11)8-10/h2-8,13,16H,9H2,1H3. The summed E-state index contributed by atoms with van der Waals surface area (Å²) < 4.78 is 0.151. The fourth-order valence-electron chi connectivity index (χ4n) is 1.90. The van der Waals surface area contributed by atoms with Crippen LogP contribution in [0.5, 0.6) is 0 Å². The van der Waals surface area contributed by atoms with Crippen LogP contribution in [0.4, 0.5) is 0 Å². The molecule has 0 aliphatic carbocycles. The minimum Gasteiger partial charge on any atom is -0.310 e. The molecular weight excluding hydrogens is 325 g/mol. The normalized spacial score (nSPS) is 12.6. The predicted octanol–water partition coefficient (Wildman–Crippen LogP) is 2.93. The van der Waals surface area contributed by atoms with Crippen molar-refractivity contribution in [1.29, 1.82) is 0 Å². The molecule has 0 radical (unpaired) electrons. The van der Waals surface area contributed by atoms with Crippen LogP contribution in [0.2, 0.25) is 0 Å². The van der Waals surface area contributed by atoms with E-state index in [4.69, 9.17) is 0 Å². The van der Waals surface area contributed by atoms with Gasteiger partial charge < -0.3 is 5.32 Å². The molecule has 2 aromatic rings. The lowest BCUT2D eigenvalue weighted by atomic mass is 10.0. The van der Waals surface area contributed by atoms with Crippen molar-refractivity contribution in [2.45, 2.75) is 12.5 Å². The van der Waals surface area contributed by atoms with Crippen molar-refractivity contribution in [2.24, 2.45) is 0 Å².